The fourth-order valence-electron chi connectivity index (χ4n) is 1.83. The number of rotatable bonds is 7. The SMILES string of the molecule is CCC(C)CC(CC)Nc1cnn(CC)c1. The van der Waals surface area contributed by atoms with Crippen molar-refractivity contribution in [2.45, 2.75) is 59.5 Å². The summed E-state index contributed by atoms with van der Waals surface area (Å²) >= 11 is 0. The highest BCUT2D eigenvalue weighted by atomic mass is 15.3. The Bertz CT molecular complexity index is 293. The Kier molecular flexibility index (Phi) is 5.36. The molecular weight excluding hydrogens is 198 g/mol. The zero-order valence-corrected chi connectivity index (χ0v) is 11.0. The average molecular weight is 223 g/mol. The summed E-state index contributed by atoms with van der Waals surface area (Å²) in [5.74, 6) is 0.790. The second-order valence-electron chi connectivity index (χ2n) is 4.58. The van der Waals surface area contributed by atoms with Crippen LogP contribution in [0.4, 0.5) is 5.69 Å². The van der Waals surface area contributed by atoms with Crippen molar-refractivity contribution < 1.29 is 0 Å². The molecule has 0 radical (unpaired) electrons. The Hall–Kier alpha value is -0.990. The summed E-state index contributed by atoms with van der Waals surface area (Å²) in [5, 5.41) is 7.84. The molecule has 2 unspecified atom stereocenters. The molecule has 0 fully saturated rings. The predicted molar refractivity (Wildman–Crippen MR) is 69.7 cm³/mol. The van der Waals surface area contributed by atoms with Gasteiger partial charge in [0.05, 0.1) is 11.9 Å². The summed E-state index contributed by atoms with van der Waals surface area (Å²) in [4.78, 5) is 0. The van der Waals surface area contributed by atoms with Crippen molar-refractivity contribution in [3.8, 4) is 0 Å². The summed E-state index contributed by atoms with van der Waals surface area (Å²) in [6, 6.07) is 0.574. The minimum Gasteiger partial charge on any atom is -0.380 e. The first-order chi connectivity index (χ1) is 7.69. The average Bonchev–Trinajstić information content (AvgIpc) is 2.75. The molecule has 1 aromatic heterocycles. The Morgan fingerprint density at radius 1 is 1.31 bits per heavy atom. The van der Waals surface area contributed by atoms with Crippen molar-refractivity contribution in [3.63, 3.8) is 0 Å². The van der Waals surface area contributed by atoms with Gasteiger partial charge in [0.1, 0.15) is 0 Å². The normalized spacial score (nSPS) is 14.8. The number of aromatic nitrogens is 2. The molecule has 0 aliphatic carbocycles. The van der Waals surface area contributed by atoms with Gasteiger partial charge in [-0.3, -0.25) is 4.68 Å². The van der Waals surface area contributed by atoms with Gasteiger partial charge in [-0.15, -0.1) is 0 Å². The van der Waals surface area contributed by atoms with Crippen molar-refractivity contribution in [1.82, 2.24) is 9.78 Å². The lowest BCUT2D eigenvalue weighted by Crippen LogP contribution is -2.20. The molecule has 92 valence electrons. The molecular formula is C13H25N3. The predicted octanol–water partition coefficient (Wildman–Crippen LogP) is 3.53. The zero-order valence-electron chi connectivity index (χ0n) is 11.0. The van der Waals surface area contributed by atoms with Crippen LogP contribution in [-0.4, -0.2) is 15.8 Å². The van der Waals surface area contributed by atoms with Crippen molar-refractivity contribution in [2.24, 2.45) is 5.92 Å². The Balaban J connectivity index is 2.49. The van der Waals surface area contributed by atoms with Gasteiger partial charge in [0.25, 0.3) is 0 Å². The summed E-state index contributed by atoms with van der Waals surface area (Å²) in [5.41, 5.74) is 1.15. The van der Waals surface area contributed by atoms with E-state index in [-0.39, 0.29) is 0 Å². The molecule has 0 spiro atoms. The third-order valence-electron chi connectivity index (χ3n) is 3.20. The lowest BCUT2D eigenvalue weighted by Gasteiger charge is -2.20. The van der Waals surface area contributed by atoms with Gasteiger partial charge in [-0.2, -0.15) is 5.10 Å². The van der Waals surface area contributed by atoms with E-state index in [0.29, 0.717) is 6.04 Å². The molecule has 3 heteroatoms. The van der Waals surface area contributed by atoms with Crippen molar-refractivity contribution in [3.05, 3.63) is 12.4 Å². The van der Waals surface area contributed by atoms with Gasteiger partial charge in [0, 0.05) is 18.8 Å². The fraction of sp³-hybridized carbons (Fsp3) is 0.769. The highest BCUT2D eigenvalue weighted by molar-refractivity contribution is 5.39. The minimum atomic E-state index is 0.574. The van der Waals surface area contributed by atoms with E-state index >= 15 is 0 Å². The van der Waals surface area contributed by atoms with E-state index in [1.165, 1.54) is 19.3 Å². The minimum absolute atomic E-state index is 0.574. The Morgan fingerprint density at radius 3 is 2.56 bits per heavy atom. The molecule has 1 heterocycles. The first-order valence-electron chi connectivity index (χ1n) is 6.48. The van der Waals surface area contributed by atoms with E-state index in [0.717, 1.165) is 18.2 Å². The van der Waals surface area contributed by atoms with Gasteiger partial charge in [-0.1, -0.05) is 27.2 Å². The maximum absolute atomic E-state index is 4.28. The van der Waals surface area contributed by atoms with Crippen LogP contribution >= 0.6 is 0 Å². The van der Waals surface area contributed by atoms with Gasteiger partial charge >= 0.3 is 0 Å². The highest BCUT2D eigenvalue weighted by Gasteiger charge is 2.10. The van der Waals surface area contributed by atoms with Gasteiger partial charge < -0.3 is 5.32 Å². The third kappa shape index (κ3) is 3.87. The quantitative estimate of drug-likeness (QED) is 0.766. The molecule has 16 heavy (non-hydrogen) atoms. The molecule has 0 aliphatic rings. The standard InChI is InChI=1S/C13H25N3/c1-5-11(4)8-12(6-2)15-13-9-14-16(7-3)10-13/h9-12,15H,5-8H2,1-4H3. The third-order valence-corrected chi connectivity index (χ3v) is 3.20. The second-order valence-corrected chi connectivity index (χ2v) is 4.58. The van der Waals surface area contributed by atoms with Gasteiger partial charge in [0.15, 0.2) is 0 Å². The lowest BCUT2D eigenvalue weighted by molar-refractivity contribution is 0.462. The van der Waals surface area contributed by atoms with Crippen LogP contribution < -0.4 is 5.32 Å². The molecule has 0 aromatic carbocycles. The first kappa shape index (κ1) is 13.1. The Morgan fingerprint density at radius 2 is 2.06 bits per heavy atom. The molecule has 1 aromatic rings. The van der Waals surface area contributed by atoms with Crippen LogP contribution in [0, 0.1) is 5.92 Å². The molecule has 0 aliphatic heterocycles. The van der Waals surface area contributed by atoms with Crippen LogP contribution in [0.15, 0.2) is 12.4 Å². The van der Waals surface area contributed by atoms with Crippen molar-refractivity contribution >= 4 is 5.69 Å². The van der Waals surface area contributed by atoms with Crippen molar-refractivity contribution in [2.75, 3.05) is 5.32 Å². The monoisotopic (exact) mass is 223 g/mol. The van der Waals surface area contributed by atoms with E-state index in [1.807, 2.05) is 10.9 Å². The maximum Gasteiger partial charge on any atom is 0.0728 e. The number of nitrogens with zero attached hydrogens (tertiary/aromatic N) is 2. The number of hydrogen-bond donors (Lipinski definition) is 1. The number of nitrogens with one attached hydrogen (secondary N) is 1. The van der Waals surface area contributed by atoms with E-state index in [1.54, 1.807) is 0 Å². The van der Waals surface area contributed by atoms with E-state index < -0.39 is 0 Å². The van der Waals surface area contributed by atoms with Gasteiger partial charge in [-0.05, 0) is 25.7 Å². The lowest BCUT2D eigenvalue weighted by atomic mass is 9.98. The second kappa shape index (κ2) is 6.56. The van der Waals surface area contributed by atoms with Crippen LogP contribution in [0.2, 0.25) is 0 Å². The van der Waals surface area contributed by atoms with Crippen LogP contribution in [0.5, 0.6) is 0 Å². The maximum atomic E-state index is 4.28. The van der Waals surface area contributed by atoms with Gasteiger partial charge in [-0.25, -0.2) is 0 Å². The van der Waals surface area contributed by atoms with E-state index in [9.17, 15) is 0 Å². The molecule has 1 rings (SSSR count). The van der Waals surface area contributed by atoms with Crippen LogP contribution in [0.3, 0.4) is 0 Å². The molecule has 0 saturated carbocycles. The molecule has 0 bridgehead atoms. The van der Waals surface area contributed by atoms with Crippen molar-refractivity contribution in [1.29, 1.82) is 0 Å². The van der Waals surface area contributed by atoms with Crippen LogP contribution in [0.25, 0.3) is 0 Å². The smallest absolute Gasteiger partial charge is 0.0728 e. The van der Waals surface area contributed by atoms with Crippen LogP contribution in [-0.2, 0) is 6.54 Å². The zero-order chi connectivity index (χ0) is 12.0. The molecule has 0 amide bonds. The highest BCUT2D eigenvalue weighted by Crippen LogP contribution is 2.16. The summed E-state index contributed by atoms with van der Waals surface area (Å²) in [7, 11) is 0. The molecule has 0 saturated heterocycles. The first-order valence-corrected chi connectivity index (χ1v) is 6.48. The van der Waals surface area contributed by atoms with E-state index in [2.05, 4.69) is 44.3 Å². The Labute approximate surface area is 99.2 Å². The number of hydrogen-bond acceptors (Lipinski definition) is 2. The van der Waals surface area contributed by atoms with E-state index in [4.69, 9.17) is 0 Å². The fourth-order valence-corrected chi connectivity index (χ4v) is 1.83. The summed E-state index contributed by atoms with van der Waals surface area (Å²) < 4.78 is 1.96. The largest absolute Gasteiger partial charge is 0.380 e. The van der Waals surface area contributed by atoms with Crippen LogP contribution in [0.1, 0.15) is 47.0 Å². The number of anilines is 1. The summed E-state index contributed by atoms with van der Waals surface area (Å²) in [6.07, 6.45) is 7.67. The van der Waals surface area contributed by atoms with Gasteiger partial charge in [0.2, 0.25) is 0 Å². The number of aryl methyl sites for hydroxylation is 1. The molecule has 3 nitrogen and oxygen atoms in total. The summed E-state index contributed by atoms with van der Waals surface area (Å²) in [6.45, 7) is 9.85. The molecule has 1 N–H and O–H groups in total. The topological polar surface area (TPSA) is 29.9 Å². The molecule has 2 atom stereocenters.